The quantitative estimate of drug-likeness (QED) is 0.806. The summed E-state index contributed by atoms with van der Waals surface area (Å²) in [7, 11) is 0. The molecule has 1 aromatic carbocycles. The molecule has 116 valence electrons. The maximum Gasteiger partial charge on any atom is 0.391 e. The van der Waals surface area contributed by atoms with Crippen LogP contribution in [0.4, 0.5) is 17.6 Å². The van der Waals surface area contributed by atoms with Crippen LogP contribution in [0.5, 0.6) is 0 Å². The molecule has 0 bridgehead atoms. The minimum atomic E-state index is -4.26. The first-order chi connectivity index (χ1) is 9.79. The van der Waals surface area contributed by atoms with Crippen molar-refractivity contribution in [3.05, 3.63) is 34.6 Å². The summed E-state index contributed by atoms with van der Waals surface area (Å²) >= 11 is 5.76. The maximum atomic E-state index is 13.6. The average molecular weight is 324 g/mol. The second-order valence-electron chi connectivity index (χ2n) is 5.17. The first-order valence-corrected chi connectivity index (χ1v) is 6.98. The zero-order valence-electron chi connectivity index (χ0n) is 11.0. The second kappa shape index (κ2) is 6.22. The van der Waals surface area contributed by atoms with Gasteiger partial charge < -0.3 is 5.32 Å². The highest BCUT2D eigenvalue weighted by Crippen LogP contribution is 2.37. The molecule has 1 aromatic rings. The van der Waals surface area contributed by atoms with E-state index in [4.69, 9.17) is 11.6 Å². The fourth-order valence-electron chi connectivity index (χ4n) is 2.59. The molecular formula is C14H14ClF4NO. The van der Waals surface area contributed by atoms with Crippen LogP contribution < -0.4 is 5.32 Å². The van der Waals surface area contributed by atoms with Crippen molar-refractivity contribution in [2.75, 3.05) is 0 Å². The molecule has 1 amide bonds. The summed E-state index contributed by atoms with van der Waals surface area (Å²) in [6, 6.07) is 3.18. The summed E-state index contributed by atoms with van der Waals surface area (Å²) in [4.78, 5) is 12.0. The molecule has 0 aliphatic heterocycles. The zero-order chi connectivity index (χ0) is 15.6. The van der Waals surface area contributed by atoms with Gasteiger partial charge in [-0.25, -0.2) is 4.39 Å². The Morgan fingerprint density at radius 3 is 2.62 bits per heavy atom. The van der Waals surface area contributed by atoms with E-state index in [0.29, 0.717) is 12.8 Å². The lowest BCUT2D eigenvalue weighted by Crippen LogP contribution is -2.41. The minimum Gasteiger partial charge on any atom is -0.349 e. The lowest BCUT2D eigenvalue weighted by atomic mass is 9.85. The standard InChI is InChI=1S/C14H14ClF4NO/c15-10-5-2-6-11(16)12(10)13(21)20-9-4-1-3-8(7-9)14(17,18)19/h2,5-6,8-9H,1,3-4,7H2,(H,20,21)/t8-,9+/m0/s1. The number of rotatable bonds is 2. The monoisotopic (exact) mass is 323 g/mol. The average Bonchev–Trinajstić information content (AvgIpc) is 2.37. The minimum absolute atomic E-state index is 0.0596. The van der Waals surface area contributed by atoms with Crippen LogP contribution in [0, 0.1) is 11.7 Å². The third kappa shape index (κ3) is 3.87. The van der Waals surface area contributed by atoms with Gasteiger partial charge in [-0.15, -0.1) is 0 Å². The van der Waals surface area contributed by atoms with E-state index in [1.165, 1.54) is 12.1 Å². The molecule has 0 radical (unpaired) electrons. The van der Waals surface area contributed by atoms with Gasteiger partial charge in [0, 0.05) is 6.04 Å². The molecule has 2 nitrogen and oxygen atoms in total. The Kier molecular flexibility index (Phi) is 4.76. The van der Waals surface area contributed by atoms with E-state index in [2.05, 4.69) is 5.32 Å². The Bertz CT molecular complexity index is 512. The smallest absolute Gasteiger partial charge is 0.349 e. The molecule has 1 fully saturated rings. The van der Waals surface area contributed by atoms with Crippen molar-refractivity contribution in [2.24, 2.45) is 5.92 Å². The summed E-state index contributed by atoms with van der Waals surface area (Å²) < 4.78 is 51.7. The number of alkyl halides is 3. The lowest BCUT2D eigenvalue weighted by Gasteiger charge is -2.31. The van der Waals surface area contributed by atoms with Crippen molar-refractivity contribution in [2.45, 2.75) is 37.9 Å². The normalized spacial score (nSPS) is 22.9. The van der Waals surface area contributed by atoms with Crippen LogP contribution in [-0.2, 0) is 0 Å². The highest BCUT2D eigenvalue weighted by Gasteiger charge is 2.42. The SMILES string of the molecule is O=C(N[C@@H]1CCC[C@H](C(F)(F)F)C1)c1c(F)cccc1Cl. The number of carbonyl (C=O) groups excluding carboxylic acids is 1. The molecule has 2 rings (SSSR count). The predicted molar refractivity (Wildman–Crippen MR) is 70.7 cm³/mol. The largest absolute Gasteiger partial charge is 0.391 e. The molecule has 0 aromatic heterocycles. The molecule has 7 heteroatoms. The number of amides is 1. The number of nitrogens with one attached hydrogen (secondary N) is 1. The van der Waals surface area contributed by atoms with Gasteiger partial charge in [0.15, 0.2) is 0 Å². The Hall–Kier alpha value is -1.30. The highest BCUT2D eigenvalue weighted by atomic mass is 35.5. The van der Waals surface area contributed by atoms with Gasteiger partial charge >= 0.3 is 6.18 Å². The summed E-state index contributed by atoms with van der Waals surface area (Å²) in [5.74, 6) is -2.98. The van der Waals surface area contributed by atoms with Crippen LogP contribution in [0.15, 0.2) is 18.2 Å². The summed E-state index contributed by atoms with van der Waals surface area (Å²) in [5, 5.41) is 2.40. The molecule has 0 spiro atoms. The topological polar surface area (TPSA) is 29.1 Å². The van der Waals surface area contributed by atoms with E-state index in [-0.39, 0.29) is 23.4 Å². The molecule has 0 heterocycles. The predicted octanol–water partition coefficient (Wildman–Crippen LogP) is 4.33. The van der Waals surface area contributed by atoms with Crippen LogP contribution in [0.3, 0.4) is 0 Å². The van der Waals surface area contributed by atoms with E-state index < -0.39 is 29.9 Å². The van der Waals surface area contributed by atoms with Crippen molar-refractivity contribution in [3.8, 4) is 0 Å². The van der Waals surface area contributed by atoms with E-state index in [0.717, 1.165) is 6.07 Å². The third-order valence-corrected chi connectivity index (χ3v) is 3.98. The number of hydrogen-bond donors (Lipinski definition) is 1. The summed E-state index contributed by atoms with van der Waals surface area (Å²) in [6.07, 6.45) is -3.55. The highest BCUT2D eigenvalue weighted by molar-refractivity contribution is 6.33. The third-order valence-electron chi connectivity index (χ3n) is 3.66. The van der Waals surface area contributed by atoms with Gasteiger partial charge in [0.1, 0.15) is 5.82 Å². The van der Waals surface area contributed by atoms with E-state index in [1.54, 1.807) is 0 Å². The van der Waals surface area contributed by atoms with Gasteiger partial charge in [0.2, 0.25) is 0 Å². The first kappa shape index (κ1) is 16.1. The van der Waals surface area contributed by atoms with Crippen LogP contribution in [0.25, 0.3) is 0 Å². The number of halogens is 5. The number of benzene rings is 1. The fraction of sp³-hybridized carbons (Fsp3) is 0.500. The molecule has 0 saturated heterocycles. The van der Waals surface area contributed by atoms with E-state index >= 15 is 0 Å². The number of hydrogen-bond acceptors (Lipinski definition) is 1. The van der Waals surface area contributed by atoms with E-state index in [9.17, 15) is 22.4 Å². The van der Waals surface area contributed by atoms with Crippen molar-refractivity contribution >= 4 is 17.5 Å². The van der Waals surface area contributed by atoms with E-state index in [1.807, 2.05) is 0 Å². The van der Waals surface area contributed by atoms with Gasteiger partial charge in [-0.2, -0.15) is 13.2 Å². The molecule has 1 aliphatic carbocycles. The lowest BCUT2D eigenvalue weighted by molar-refractivity contribution is -0.183. The molecule has 1 aliphatic rings. The van der Waals surface area contributed by atoms with Crippen LogP contribution in [0.2, 0.25) is 5.02 Å². The van der Waals surface area contributed by atoms with Crippen LogP contribution in [0.1, 0.15) is 36.0 Å². The molecular weight excluding hydrogens is 310 g/mol. The van der Waals surface area contributed by atoms with Gasteiger partial charge in [-0.1, -0.05) is 24.1 Å². The first-order valence-electron chi connectivity index (χ1n) is 6.60. The molecule has 2 atom stereocenters. The second-order valence-corrected chi connectivity index (χ2v) is 5.58. The van der Waals surface area contributed by atoms with Gasteiger partial charge in [0.25, 0.3) is 5.91 Å². The maximum absolute atomic E-state index is 13.6. The molecule has 1 N–H and O–H groups in total. The zero-order valence-corrected chi connectivity index (χ0v) is 11.8. The van der Waals surface area contributed by atoms with Crippen LogP contribution in [-0.4, -0.2) is 18.1 Å². The van der Waals surface area contributed by atoms with Crippen molar-refractivity contribution < 1.29 is 22.4 Å². The molecule has 1 saturated carbocycles. The number of carbonyl (C=O) groups is 1. The fourth-order valence-corrected chi connectivity index (χ4v) is 2.84. The Morgan fingerprint density at radius 1 is 1.29 bits per heavy atom. The summed E-state index contributed by atoms with van der Waals surface area (Å²) in [5.41, 5.74) is -0.326. The van der Waals surface area contributed by atoms with Crippen LogP contribution >= 0.6 is 11.6 Å². The Labute approximate surface area is 124 Å². The Morgan fingerprint density at radius 2 is 2.00 bits per heavy atom. The Balaban J connectivity index is 2.06. The van der Waals surface area contributed by atoms with Gasteiger partial charge in [-0.3, -0.25) is 4.79 Å². The van der Waals surface area contributed by atoms with Gasteiger partial charge in [-0.05, 0) is 31.4 Å². The van der Waals surface area contributed by atoms with Crippen molar-refractivity contribution in [3.63, 3.8) is 0 Å². The van der Waals surface area contributed by atoms with Gasteiger partial charge in [0.05, 0.1) is 16.5 Å². The molecule has 21 heavy (non-hydrogen) atoms. The van der Waals surface area contributed by atoms with Crippen molar-refractivity contribution in [1.29, 1.82) is 0 Å². The summed E-state index contributed by atoms with van der Waals surface area (Å²) in [6.45, 7) is 0. The van der Waals surface area contributed by atoms with Crippen molar-refractivity contribution in [1.82, 2.24) is 5.32 Å². The molecule has 0 unspecified atom stereocenters.